The van der Waals surface area contributed by atoms with Crippen molar-refractivity contribution in [3.8, 4) is 0 Å². The Balaban J connectivity index is 2.18. The second kappa shape index (κ2) is 6.73. The largest absolute Gasteiger partial charge is 0.379 e. The smallest absolute Gasteiger partial charge is 0.0670 e. The van der Waals surface area contributed by atoms with E-state index in [1.807, 2.05) is 0 Å². The Labute approximate surface area is 124 Å². The van der Waals surface area contributed by atoms with Gasteiger partial charge in [0.25, 0.3) is 0 Å². The SMILES string of the molecule is CC(C)NCc1ccc(Br)cc1N(C)C1CCOC1. The Bertz CT molecular complexity index is 417. The highest BCUT2D eigenvalue weighted by Gasteiger charge is 2.22. The molecule has 1 unspecified atom stereocenters. The Kier molecular flexibility index (Phi) is 5.25. The lowest BCUT2D eigenvalue weighted by molar-refractivity contribution is 0.193. The molecule has 0 aromatic heterocycles. The number of hydrogen-bond acceptors (Lipinski definition) is 3. The quantitative estimate of drug-likeness (QED) is 0.899. The average molecular weight is 327 g/mol. The second-order valence-corrected chi connectivity index (χ2v) is 6.35. The zero-order valence-electron chi connectivity index (χ0n) is 11.9. The number of benzene rings is 1. The van der Waals surface area contributed by atoms with Crippen molar-refractivity contribution in [3.63, 3.8) is 0 Å². The van der Waals surface area contributed by atoms with Gasteiger partial charge in [0.2, 0.25) is 0 Å². The summed E-state index contributed by atoms with van der Waals surface area (Å²) in [6.45, 7) is 6.96. The lowest BCUT2D eigenvalue weighted by Gasteiger charge is -2.28. The number of halogens is 1. The van der Waals surface area contributed by atoms with E-state index in [4.69, 9.17) is 4.74 Å². The lowest BCUT2D eigenvalue weighted by atomic mass is 10.1. The molecule has 106 valence electrons. The summed E-state index contributed by atoms with van der Waals surface area (Å²) in [5.74, 6) is 0. The van der Waals surface area contributed by atoms with Gasteiger partial charge in [-0.15, -0.1) is 0 Å². The van der Waals surface area contributed by atoms with E-state index in [9.17, 15) is 0 Å². The Morgan fingerprint density at radius 1 is 1.47 bits per heavy atom. The van der Waals surface area contributed by atoms with Gasteiger partial charge in [-0.2, -0.15) is 0 Å². The minimum atomic E-state index is 0.493. The molecule has 0 amide bonds. The summed E-state index contributed by atoms with van der Waals surface area (Å²) < 4.78 is 6.63. The summed E-state index contributed by atoms with van der Waals surface area (Å²) in [6.07, 6.45) is 1.11. The van der Waals surface area contributed by atoms with Crippen molar-refractivity contribution in [1.29, 1.82) is 0 Å². The number of hydrogen-bond donors (Lipinski definition) is 1. The molecule has 1 aromatic rings. The minimum absolute atomic E-state index is 0.493. The van der Waals surface area contributed by atoms with Crippen molar-refractivity contribution in [2.24, 2.45) is 0 Å². The zero-order valence-corrected chi connectivity index (χ0v) is 13.5. The monoisotopic (exact) mass is 326 g/mol. The van der Waals surface area contributed by atoms with Gasteiger partial charge < -0.3 is 15.0 Å². The van der Waals surface area contributed by atoms with E-state index in [0.29, 0.717) is 12.1 Å². The molecule has 19 heavy (non-hydrogen) atoms. The summed E-state index contributed by atoms with van der Waals surface area (Å²) in [6, 6.07) is 7.50. The van der Waals surface area contributed by atoms with E-state index >= 15 is 0 Å². The van der Waals surface area contributed by atoms with Gasteiger partial charge >= 0.3 is 0 Å². The van der Waals surface area contributed by atoms with Crippen LogP contribution in [0.4, 0.5) is 5.69 Å². The number of nitrogens with one attached hydrogen (secondary N) is 1. The summed E-state index contributed by atoms with van der Waals surface area (Å²) in [5, 5.41) is 3.49. The van der Waals surface area contributed by atoms with Crippen molar-refractivity contribution in [1.82, 2.24) is 5.32 Å². The molecule has 4 heteroatoms. The third-order valence-electron chi connectivity index (χ3n) is 3.58. The highest BCUT2D eigenvalue weighted by atomic mass is 79.9. The van der Waals surface area contributed by atoms with Crippen LogP contribution in [0, 0.1) is 0 Å². The predicted octanol–water partition coefficient (Wildman–Crippen LogP) is 3.17. The summed E-state index contributed by atoms with van der Waals surface area (Å²) in [4.78, 5) is 2.36. The second-order valence-electron chi connectivity index (χ2n) is 5.44. The van der Waals surface area contributed by atoms with Crippen LogP contribution in [-0.2, 0) is 11.3 Å². The molecule has 1 saturated heterocycles. The molecule has 2 rings (SSSR count). The van der Waals surface area contributed by atoms with Crippen LogP contribution in [0.5, 0.6) is 0 Å². The van der Waals surface area contributed by atoms with E-state index in [0.717, 1.165) is 30.7 Å². The third kappa shape index (κ3) is 3.94. The maximum atomic E-state index is 5.50. The van der Waals surface area contributed by atoms with E-state index < -0.39 is 0 Å². The third-order valence-corrected chi connectivity index (χ3v) is 4.07. The lowest BCUT2D eigenvalue weighted by Crippen LogP contribution is -2.33. The zero-order chi connectivity index (χ0) is 13.8. The molecule has 0 saturated carbocycles. The standard InChI is InChI=1S/C15H23BrN2O/c1-11(2)17-9-12-4-5-13(16)8-15(12)18(3)14-6-7-19-10-14/h4-5,8,11,14,17H,6-7,9-10H2,1-3H3. The van der Waals surface area contributed by atoms with E-state index in [1.165, 1.54) is 11.3 Å². The molecule has 1 heterocycles. The van der Waals surface area contributed by atoms with Crippen LogP contribution in [-0.4, -0.2) is 32.3 Å². The highest BCUT2D eigenvalue weighted by Crippen LogP contribution is 2.28. The number of anilines is 1. The van der Waals surface area contributed by atoms with Crippen LogP contribution in [0.1, 0.15) is 25.8 Å². The van der Waals surface area contributed by atoms with Gasteiger partial charge in [-0.3, -0.25) is 0 Å². The summed E-state index contributed by atoms with van der Waals surface area (Å²) in [5.41, 5.74) is 2.63. The molecule has 1 aliphatic heterocycles. The molecule has 1 aliphatic rings. The predicted molar refractivity (Wildman–Crippen MR) is 83.7 cm³/mol. The van der Waals surface area contributed by atoms with Crippen LogP contribution < -0.4 is 10.2 Å². The maximum absolute atomic E-state index is 5.50. The molecule has 0 radical (unpaired) electrons. The first-order chi connectivity index (χ1) is 9.08. The fraction of sp³-hybridized carbons (Fsp3) is 0.600. The van der Waals surface area contributed by atoms with E-state index in [-0.39, 0.29) is 0 Å². The first kappa shape index (κ1) is 14.8. The minimum Gasteiger partial charge on any atom is -0.379 e. The van der Waals surface area contributed by atoms with Gasteiger partial charge in [0.05, 0.1) is 12.6 Å². The number of rotatable bonds is 5. The first-order valence-electron chi connectivity index (χ1n) is 6.90. The van der Waals surface area contributed by atoms with Crippen molar-refractivity contribution >= 4 is 21.6 Å². The van der Waals surface area contributed by atoms with Gasteiger partial charge in [0, 0.05) is 36.4 Å². The molecule has 1 atom stereocenters. The van der Waals surface area contributed by atoms with Crippen molar-refractivity contribution in [2.45, 2.75) is 38.9 Å². The number of likely N-dealkylation sites (N-methyl/N-ethyl adjacent to an activating group) is 1. The molecule has 3 nitrogen and oxygen atoms in total. The van der Waals surface area contributed by atoms with Gasteiger partial charge in [-0.05, 0) is 24.1 Å². The summed E-state index contributed by atoms with van der Waals surface area (Å²) >= 11 is 3.57. The molecule has 1 aromatic carbocycles. The highest BCUT2D eigenvalue weighted by molar-refractivity contribution is 9.10. The van der Waals surface area contributed by atoms with E-state index in [2.05, 4.69) is 65.2 Å². The molecule has 1 N–H and O–H groups in total. The maximum Gasteiger partial charge on any atom is 0.0670 e. The Morgan fingerprint density at radius 3 is 2.89 bits per heavy atom. The Morgan fingerprint density at radius 2 is 2.26 bits per heavy atom. The van der Waals surface area contributed by atoms with Gasteiger partial charge in [0.15, 0.2) is 0 Å². The van der Waals surface area contributed by atoms with Gasteiger partial charge in [-0.1, -0.05) is 35.8 Å². The Hall–Kier alpha value is -0.580. The van der Waals surface area contributed by atoms with Crippen LogP contribution in [0.25, 0.3) is 0 Å². The first-order valence-corrected chi connectivity index (χ1v) is 7.69. The van der Waals surface area contributed by atoms with Crippen LogP contribution in [0.15, 0.2) is 22.7 Å². The van der Waals surface area contributed by atoms with Crippen LogP contribution >= 0.6 is 15.9 Å². The molecule has 0 aliphatic carbocycles. The van der Waals surface area contributed by atoms with Crippen LogP contribution in [0.2, 0.25) is 0 Å². The van der Waals surface area contributed by atoms with Crippen molar-refractivity contribution in [3.05, 3.63) is 28.2 Å². The molecular formula is C15H23BrN2O. The molecule has 0 bridgehead atoms. The van der Waals surface area contributed by atoms with Gasteiger partial charge in [-0.25, -0.2) is 0 Å². The number of ether oxygens (including phenoxy) is 1. The molecule has 0 spiro atoms. The topological polar surface area (TPSA) is 24.5 Å². The van der Waals surface area contributed by atoms with Crippen molar-refractivity contribution in [2.75, 3.05) is 25.2 Å². The fourth-order valence-electron chi connectivity index (χ4n) is 2.35. The van der Waals surface area contributed by atoms with Gasteiger partial charge in [0.1, 0.15) is 0 Å². The van der Waals surface area contributed by atoms with Crippen molar-refractivity contribution < 1.29 is 4.74 Å². The van der Waals surface area contributed by atoms with Crippen LogP contribution in [0.3, 0.4) is 0 Å². The average Bonchev–Trinajstić information content (AvgIpc) is 2.90. The fourth-order valence-corrected chi connectivity index (χ4v) is 2.70. The normalized spacial score (nSPS) is 19.1. The summed E-state index contributed by atoms with van der Waals surface area (Å²) in [7, 11) is 2.17. The molecular weight excluding hydrogens is 304 g/mol. The number of nitrogens with zero attached hydrogens (tertiary/aromatic N) is 1. The molecule has 1 fully saturated rings. The van der Waals surface area contributed by atoms with E-state index in [1.54, 1.807) is 0 Å².